The summed E-state index contributed by atoms with van der Waals surface area (Å²) in [4.78, 5) is 27.0. The van der Waals surface area contributed by atoms with Crippen LogP contribution in [0.2, 0.25) is 5.02 Å². The summed E-state index contributed by atoms with van der Waals surface area (Å²) in [6.45, 7) is 0. The normalized spacial score (nSPS) is 13.1. The van der Waals surface area contributed by atoms with E-state index in [1.807, 2.05) is 30.3 Å². The molecular weight excluding hydrogens is 418 g/mol. The SMILES string of the molecule is O=C(Nc1ccccc1)Nc1sc2c(c1C(=O)Nc1ccc(Cl)cc1)CCCCC2. The summed E-state index contributed by atoms with van der Waals surface area (Å²) in [5, 5.41) is 9.85. The summed E-state index contributed by atoms with van der Waals surface area (Å²) in [6.07, 6.45) is 5.07. The Kier molecular flexibility index (Phi) is 6.35. The van der Waals surface area contributed by atoms with Gasteiger partial charge in [-0.2, -0.15) is 0 Å². The van der Waals surface area contributed by atoms with Crippen LogP contribution in [-0.2, 0) is 12.8 Å². The molecule has 1 heterocycles. The summed E-state index contributed by atoms with van der Waals surface area (Å²) in [5.74, 6) is -0.216. The average Bonchev–Trinajstić information content (AvgIpc) is 2.90. The molecule has 7 heteroatoms. The van der Waals surface area contributed by atoms with Crippen LogP contribution in [0.5, 0.6) is 0 Å². The maximum atomic E-state index is 13.2. The summed E-state index contributed by atoms with van der Waals surface area (Å²) in [5.41, 5.74) is 2.98. The Labute approximate surface area is 184 Å². The van der Waals surface area contributed by atoms with Crippen molar-refractivity contribution in [2.75, 3.05) is 16.0 Å². The second kappa shape index (κ2) is 9.32. The molecule has 0 fully saturated rings. The molecule has 30 heavy (non-hydrogen) atoms. The van der Waals surface area contributed by atoms with Gasteiger partial charge in [0.25, 0.3) is 5.91 Å². The van der Waals surface area contributed by atoms with Gasteiger partial charge in [-0.25, -0.2) is 4.79 Å². The minimum Gasteiger partial charge on any atom is -0.322 e. The van der Waals surface area contributed by atoms with Crippen LogP contribution in [0.4, 0.5) is 21.2 Å². The van der Waals surface area contributed by atoms with Crippen LogP contribution in [0.15, 0.2) is 54.6 Å². The fourth-order valence-electron chi connectivity index (χ4n) is 3.58. The standard InChI is InChI=1S/C23H22ClN3O2S/c24-15-11-13-17(14-12-15)25-21(28)20-18-9-5-2-6-10-19(18)30-22(20)27-23(29)26-16-7-3-1-4-8-16/h1,3-4,7-8,11-14H,2,5-6,9-10H2,(H,25,28)(H2,26,27,29). The minimum atomic E-state index is -0.363. The van der Waals surface area contributed by atoms with Crippen molar-refractivity contribution in [2.45, 2.75) is 32.1 Å². The molecule has 1 aliphatic carbocycles. The van der Waals surface area contributed by atoms with E-state index >= 15 is 0 Å². The van der Waals surface area contributed by atoms with Gasteiger partial charge in [0, 0.05) is 21.3 Å². The van der Waals surface area contributed by atoms with E-state index in [1.165, 1.54) is 16.2 Å². The minimum absolute atomic E-state index is 0.216. The van der Waals surface area contributed by atoms with Crippen molar-refractivity contribution >= 4 is 51.3 Å². The van der Waals surface area contributed by atoms with E-state index in [0.29, 0.717) is 27.0 Å². The molecule has 0 atom stereocenters. The Hall–Kier alpha value is -2.83. The van der Waals surface area contributed by atoms with Crippen molar-refractivity contribution in [3.05, 3.63) is 75.6 Å². The molecule has 0 saturated carbocycles. The zero-order valence-electron chi connectivity index (χ0n) is 16.3. The number of benzene rings is 2. The zero-order valence-corrected chi connectivity index (χ0v) is 17.9. The third-order valence-electron chi connectivity index (χ3n) is 5.01. The van der Waals surface area contributed by atoms with E-state index in [0.717, 1.165) is 37.7 Å². The molecule has 0 aliphatic heterocycles. The monoisotopic (exact) mass is 439 g/mol. The molecule has 0 saturated heterocycles. The third-order valence-corrected chi connectivity index (χ3v) is 6.47. The van der Waals surface area contributed by atoms with Crippen LogP contribution in [0.25, 0.3) is 0 Å². The molecule has 1 aliphatic rings. The predicted octanol–water partition coefficient (Wildman–Crippen LogP) is 6.57. The summed E-state index contributed by atoms with van der Waals surface area (Å²) >= 11 is 7.45. The van der Waals surface area contributed by atoms with Gasteiger partial charge < -0.3 is 10.6 Å². The number of carbonyl (C=O) groups excluding carboxylic acids is 2. The van der Waals surface area contributed by atoms with Crippen molar-refractivity contribution in [3.8, 4) is 0 Å². The van der Waals surface area contributed by atoms with Gasteiger partial charge in [-0.15, -0.1) is 11.3 Å². The van der Waals surface area contributed by atoms with Crippen molar-refractivity contribution < 1.29 is 9.59 Å². The van der Waals surface area contributed by atoms with Crippen LogP contribution >= 0.6 is 22.9 Å². The van der Waals surface area contributed by atoms with Crippen LogP contribution in [0.1, 0.15) is 40.1 Å². The van der Waals surface area contributed by atoms with Gasteiger partial charge in [0.2, 0.25) is 0 Å². The number of anilines is 3. The topological polar surface area (TPSA) is 70.2 Å². The first kappa shape index (κ1) is 20.4. The Bertz CT molecular complexity index is 1050. The Morgan fingerprint density at radius 3 is 2.27 bits per heavy atom. The maximum absolute atomic E-state index is 13.2. The molecule has 2 aromatic carbocycles. The summed E-state index contributed by atoms with van der Waals surface area (Å²) in [6, 6.07) is 15.9. The van der Waals surface area contributed by atoms with Gasteiger partial charge in [-0.3, -0.25) is 10.1 Å². The maximum Gasteiger partial charge on any atom is 0.324 e. The van der Waals surface area contributed by atoms with Gasteiger partial charge >= 0.3 is 6.03 Å². The van der Waals surface area contributed by atoms with Gasteiger partial charge in [-0.05, 0) is 67.6 Å². The van der Waals surface area contributed by atoms with E-state index in [4.69, 9.17) is 11.6 Å². The Morgan fingerprint density at radius 1 is 0.800 bits per heavy atom. The van der Waals surface area contributed by atoms with Crippen LogP contribution in [0, 0.1) is 0 Å². The van der Waals surface area contributed by atoms with E-state index in [2.05, 4.69) is 16.0 Å². The fraction of sp³-hybridized carbons (Fsp3) is 0.217. The smallest absolute Gasteiger partial charge is 0.322 e. The van der Waals surface area contributed by atoms with E-state index in [9.17, 15) is 9.59 Å². The lowest BCUT2D eigenvalue weighted by molar-refractivity contribution is 0.102. The lowest BCUT2D eigenvalue weighted by atomic mass is 10.0. The van der Waals surface area contributed by atoms with Crippen molar-refractivity contribution in [2.24, 2.45) is 0 Å². The molecule has 3 amide bonds. The summed E-state index contributed by atoms with van der Waals surface area (Å²) < 4.78 is 0. The number of para-hydroxylation sites is 1. The number of urea groups is 1. The first-order valence-corrected chi connectivity index (χ1v) is 11.1. The number of nitrogens with one attached hydrogen (secondary N) is 3. The number of rotatable bonds is 4. The van der Waals surface area contributed by atoms with Crippen LogP contribution < -0.4 is 16.0 Å². The molecule has 1 aromatic heterocycles. The molecule has 3 N–H and O–H groups in total. The van der Waals surface area contributed by atoms with Crippen molar-refractivity contribution in [1.82, 2.24) is 0 Å². The molecule has 5 nitrogen and oxygen atoms in total. The van der Waals surface area contributed by atoms with Crippen LogP contribution in [-0.4, -0.2) is 11.9 Å². The van der Waals surface area contributed by atoms with Gasteiger partial charge in [0.15, 0.2) is 0 Å². The van der Waals surface area contributed by atoms with Crippen molar-refractivity contribution in [3.63, 3.8) is 0 Å². The lowest BCUT2D eigenvalue weighted by Crippen LogP contribution is -2.21. The molecule has 154 valence electrons. The van der Waals surface area contributed by atoms with Gasteiger partial charge in [-0.1, -0.05) is 36.2 Å². The molecule has 0 unspecified atom stereocenters. The predicted molar refractivity (Wildman–Crippen MR) is 124 cm³/mol. The number of amides is 3. The van der Waals surface area contributed by atoms with Crippen LogP contribution in [0.3, 0.4) is 0 Å². The molecule has 0 bridgehead atoms. The highest BCUT2D eigenvalue weighted by atomic mass is 35.5. The summed E-state index contributed by atoms with van der Waals surface area (Å²) in [7, 11) is 0. The number of aryl methyl sites for hydroxylation is 1. The highest BCUT2D eigenvalue weighted by Crippen LogP contribution is 2.38. The Morgan fingerprint density at radius 2 is 1.50 bits per heavy atom. The highest BCUT2D eigenvalue weighted by Gasteiger charge is 2.26. The Balaban J connectivity index is 1.60. The first-order chi connectivity index (χ1) is 14.6. The quantitative estimate of drug-likeness (QED) is 0.402. The van der Waals surface area contributed by atoms with Gasteiger partial charge in [0.1, 0.15) is 5.00 Å². The van der Waals surface area contributed by atoms with Gasteiger partial charge in [0.05, 0.1) is 5.56 Å². The molecular formula is C23H22ClN3O2S. The third kappa shape index (κ3) is 4.83. The van der Waals surface area contributed by atoms with Crippen molar-refractivity contribution in [1.29, 1.82) is 0 Å². The molecule has 4 rings (SSSR count). The second-order valence-electron chi connectivity index (χ2n) is 7.17. The number of hydrogen-bond donors (Lipinski definition) is 3. The number of thiophene rings is 1. The van der Waals surface area contributed by atoms with E-state index < -0.39 is 0 Å². The molecule has 3 aromatic rings. The average molecular weight is 440 g/mol. The second-order valence-corrected chi connectivity index (χ2v) is 8.72. The molecule has 0 radical (unpaired) electrons. The number of hydrogen-bond acceptors (Lipinski definition) is 3. The molecule has 0 spiro atoms. The first-order valence-electron chi connectivity index (χ1n) is 9.94. The number of fused-ring (bicyclic) bond motifs is 1. The van der Waals surface area contributed by atoms with E-state index in [-0.39, 0.29) is 11.9 Å². The zero-order chi connectivity index (χ0) is 20.9. The lowest BCUT2D eigenvalue weighted by Gasteiger charge is -2.11. The number of halogens is 1. The fourth-order valence-corrected chi connectivity index (χ4v) is 4.99. The number of carbonyl (C=O) groups is 2. The van der Waals surface area contributed by atoms with E-state index in [1.54, 1.807) is 24.3 Å². The largest absolute Gasteiger partial charge is 0.324 e. The highest BCUT2D eigenvalue weighted by molar-refractivity contribution is 7.17.